The Bertz CT molecular complexity index is 873. The van der Waals surface area contributed by atoms with Gasteiger partial charge in [-0.1, -0.05) is 35.9 Å². The smallest absolute Gasteiger partial charge is 0.191 e. The van der Waals surface area contributed by atoms with Gasteiger partial charge in [0.15, 0.2) is 5.96 Å². The van der Waals surface area contributed by atoms with Crippen molar-refractivity contribution in [2.24, 2.45) is 12.0 Å². The molecule has 0 bridgehead atoms. The molecule has 2 aromatic carbocycles. The molecule has 1 heterocycles. The van der Waals surface area contributed by atoms with Gasteiger partial charge in [-0.2, -0.15) is 0 Å². The van der Waals surface area contributed by atoms with Crippen molar-refractivity contribution in [2.75, 3.05) is 13.6 Å². The molecule has 26 heavy (non-hydrogen) atoms. The summed E-state index contributed by atoms with van der Waals surface area (Å²) < 4.78 is 2.10. The number of para-hydroxylation sites is 2. The topological polar surface area (TPSA) is 54.2 Å². The van der Waals surface area contributed by atoms with Crippen LogP contribution >= 0.6 is 35.6 Å². The highest BCUT2D eigenvalue weighted by Crippen LogP contribution is 2.13. The van der Waals surface area contributed by atoms with Crippen molar-refractivity contribution in [2.45, 2.75) is 13.0 Å². The summed E-state index contributed by atoms with van der Waals surface area (Å²) >= 11 is 5.91. The number of fused-ring (bicyclic) bond motifs is 1. The Kier molecular flexibility index (Phi) is 7.71. The van der Waals surface area contributed by atoms with E-state index < -0.39 is 0 Å². The Hall–Kier alpha value is -1.80. The van der Waals surface area contributed by atoms with Crippen LogP contribution in [0, 0.1) is 0 Å². The van der Waals surface area contributed by atoms with E-state index in [1.54, 1.807) is 7.05 Å². The third-order valence-corrected chi connectivity index (χ3v) is 4.39. The van der Waals surface area contributed by atoms with E-state index in [-0.39, 0.29) is 24.0 Å². The molecule has 0 saturated heterocycles. The number of hydrogen-bond donors (Lipinski definition) is 2. The van der Waals surface area contributed by atoms with E-state index in [4.69, 9.17) is 11.6 Å². The van der Waals surface area contributed by atoms with E-state index in [0.717, 1.165) is 40.8 Å². The van der Waals surface area contributed by atoms with Crippen LogP contribution < -0.4 is 10.6 Å². The van der Waals surface area contributed by atoms with Crippen molar-refractivity contribution in [1.82, 2.24) is 20.2 Å². The van der Waals surface area contributed by atoms with Crippen molar-refractivity contribution >= 4 is 52.6 Å². The number of hydrogen-bond acceptors (Lipinski definition) is 2. The molecule has 0 fully saturated rings. The molecule has 0 atom stereocenters. The molecular formula is C19H23ClIN5. The highest BCUT2D eigenvalue weighted by molar-refractivity contribution is 14.0. The number of nitrogens with one attached hydrogen (secondary N) is 2. The second kappa shape index (κ2) is 9.78. The first-order valence-corrected chi connectivity index (χ1v) is 8.64. The fourth-order valence-electron chi connectivity index (χ4n) is 2.71. The summed E-state index contributed by atoms with van der Waals surface area (Å²) in [5.41, 5.74) is 3.38. The van der Waals surface area contributed by atoms with Gasteiger partial charge in [-0.05, 0) is 36.2 Å². The van der Waals surface area contributed by atoms with E-state index in [9.17, 15) is 0 Å². The first kappa shape index (κ1) is 20.5. The largest absolute Gasteiger partial charge is 0.356 e. The highest BCUT2D eigenvalue weighted by Gasteiger charge is 2.07. The molecule has 0 radical (unpaired) electrons. The van der Waals surface area contributed by atoms with Gasteiger partial charge in [0.25, 0.3) is 0 Å². The van der Waals surface area contributed by atoms with E-state index >= 15 is 0 Å². The van der Waals surface area contributed by atoms with Crippen molar-refractivity contribution in [3.63, 3.8) is 0 Å². The van der Waals surface area contributed by atoms with Crippen LogP contribution in [0.25, 0.3) is 11.0 Å². The third-order valence-electron chi connectivity index (χ3n) is 4.14. The zero-order chi connectivity index (χ0) is 17.6. The molecule has 3 rings (SSSR count). The van der Waals surface area contributed by atoms with E-state index in [0.29, 0.717) is 6.54 Å². The van der Waals surface area contributed by atoms with Crippen LogP contribution in [-0.4, -0.2) is 29.1 Å². The van der Waals surface area contributed by atoms with Crippen LogP contribution in [0.2, 0.25) is 5.02 Å². The van der Waals surface area contributed by atoms with Gasteiger partial charge in [-0.15, -0.1) is 24.0 Å². The molecule has 0 spiro atoms. The Morgan fingerprint density at radius 1 is 1.12 bits per heavy atom. The maximum Gasteiger partial charge on any atom is 0.191 e. The number of aliphatic imine (C=N–C) groups is 1. The number of rotatable bonds is 5. The number of benzene rings is 2. The molecule has 3 aromatic rings. The molecule has 7 heteroatoms. The van der Waals surface area contributed by atoms with E-state index in [1.807, 2.05) is 49.5 Å². The lowest BCUT2D eigenvalue weighted by Gasteiger charge is -2.12. The molecular weight excluding hydrogens is 461 g/mol. The predicted molar refractivity (Wildman–Crippen MR) is 119 cm³/mol. The molecule has 138 valence electrons. The molecule has 5 nitrogen and oxygen atoms in total. The van der Waals surface area contributed by atoms with Crippen molar-refractivity contribution < 1.29 is 0 Å². The average Bonchev–Trinajstić information content (AvgIpc) is 2.96. The quantitative estimate of drug-likeness (QED) is 0.330. The lowest BCUT2D eigenvalue weighted by atomic mass is 10.1. The standard InChI is InChI=1S/C19H22ClN5.HI/c1-21-19(22-12-11-14-7-9-15(20)10-8-14)23-13-18-24-16-5-3-4-6-17(16)25(18)2;/h3-10H,11-13H2,1-2H3,(H2,21,22,23);1H. The number of guanidine groups is 1. The summed E-state index contributed by atoms with van der Waals surface area (Å²) in [7, 11) is 3.80. The Morgan fingerprint density at radius 3 is 2.54 bits per heavy atom. The van der Waals surface area contributed by atoms with Gasteiger partial charge >= 0.3 is 0 Å². The number of aromatic nitrogens is 2. The van der Waals surface area contributed by atoms with Crippen LogP contribution in [-0.2, 0) is 20.0 Å². The Morgan fingerprint density at radius 2 is 1.85 bits per heavy atom. The van der Waals surface area contributed by atoms with Gasteiger partial charge in [-0.25, -0.2) is 4.98 Å². The molecule has 0 unspecified atom stereocenters. The zero-order valence-electron chi connectivity index (χ0n) is 14.9. The maximum absolute atomic E-state index is 5.91. The summed E-state index contributed by atoms with van der Waals surface area (Å²) in [6.07, 6.45) is 0.907. The minimum Gasteiger partial charge on any atom is -0.356 e. The summed E-state index contributed by atoms with van der Waals surface area (Å²) in [4.78, 5) is 8.93. The highest BCUT2D eigenvalue weighted by atomic mass is 127. The molecule has 2 N–H and O–H groups in total. The summed E-state index contributed by atoms with van der Waals surface area (Å²) in [6, 6.07) is 16.0. The predicted octanol–water partition coefficient (Wildman–Crippen LogP) is 3.75. The number of halogens is 2. The zero-order valence-corrected chi connectivity index (χ0v) is 18.0. The number of nitrogens with zero attached hydrogens (tertiary/aromatic N) is 3. The number of imidazole rings is 1. The number of aryl methyl sites for hydroxylation is 1. The molecule has 0 saturated carbocycles. The molecule has 1 aromatic heterocycles. The van der Waals surface area contributed by atoms with E-state index in [1.165, 1.54) is 5.56 Å². The fraction of sp³-hybridized carbons (Fsp3) is 0.263. The van der Waals surface area contributed by atoms with Gasteiger partial charge in [0.1, 0.15) is 5.82 Å². The second-order valence-corrected chi connectivity index (χ2v) is 6.24. The van der Waals surface area contributed by atoms with Crippen LogP contribution in [0.1, 0.15) is 11.4 Å². The fourth-order valence-corrected chi connectivity index (χ4v) is 2.84. The minimum absolute atomic E-state index is 0. The monoisotopic (exact) mass is 483 g/mol. The minimum atomic E-state index is 0. The maximum atomic E-state index is 5.91. The van der Waals surface area contributed by atoms with E-state index in [2.05, 4.69) is 31.2 Å². The molecule has 0 aliphatic rings. The molecule has 0 aliphatic heterocycles. The SMILES string of the molecule is CN=C(NCCc1ccc(Cl)cc1)NCc1nc2ccccc2n1C.I. The lowest BCUT2D eigenvalue weighted by molar-refractivity contribution is 0.734. The van der Waals surface area contributed by atoms with Crippen molar-refractivity contribution in [1.29, 1.82) is 0 Å². The van der Waals surface area contributed by atoms with Gasteiger partial charge in [0, 0.05) is 25.7 Å². The second-order valence-electron chi connectivity index (χ2n) is 5.80. The first-order chi connectivity index (χ1) is 12.2. The Balaban J connectivity index is 0.00000243. The third kappa shape index (κ3) is 5.11. The van der Waals surface area contributed by atoms with Crippen LogP contribution in [0.3, 0.4) is 0 Å². The Labute approximate surface area is 175 Å². The van der Waals surface area contributed by atoms with Gasteiger partial charge in [0.2, 0.25) is 0 Å². The lowest BCUT2D eigenvalue weighted by Crippen LogP contribution is -2.38. The van der Waals surface area contributed by atoms with Gasteiger partial charge < -0.3 is 15.2 Å². The summed E-state index contributed by atoms with van der Waals surface area (Å²) in [5, 5.41) is 7.40. The van der Waals surface area contributed by atoms with Crippen molar-refractivity contribution in [3.8, 4) is 0 Å². The van der Waals surface area contributed by atoms with Gasteiger partial charge in [0.05, 0.1) is 17.6 Å². The van der Waals surface area contributed by atoms with Crippen molar-refractivity contribution in [3.05, 3.63) is 64.9 Å². The summed E-state index contributed by atoms with van der Waals surface area (Å²) in [6.45, 7) is 1.41. The molecule has 0 aliphatic carbocycles. The normalized spacial score (nSPS) is 11.3. The molecule has 0 amide bonds. The van der Waals surface area contributed by atoms with Crippen LogP contribution in [0.5, 0.6) is 0 Å². The average molecular weight is 484 g/mol. The van der Waals surface area contributed by atoms with Crippen LogP contribution in [0.15, 0.2) is 53.5 Å². The first-order valence-electron chi connectivity index (χ1n) is 8.26. The summed E-state index contributed by atoms with van der Waals surface area (Å²) in [5.74, 6) is 1.74. The van der Waals surface area contributed by atoms with Crippen LogP contribution in [0.4, 0.5) is 0 Å². The van der Waals surface area contributed by atoms with Gasteiger partial charge in [-0.3, -0.25) is 4.99 Å².